The second-order valence-electron chi connectivity index (χ2n) is 6.49. The van der Waals surface area contributed by atoms with Gasteiger partial charge in [-0.3, -0.25) is 0 Å². The summed E-state index contributed by atoms with van der Waals surface area (Å²) in [6.45, 7) is 0. The van der Waals surface area contributed by atoms with Crippen molar-refractivity contribution in [2.75, 3.05) is 42.9 Å². The van der Waals surface area contributed by atoms with Gasteiger partial charge < -0.3 is 14.7 Å². The predicted molar refractivity (Wildman–Crippen MR) is 117 cm³/mol. The van der Waals surface area contributed by atoms with Crippen LogP contribution in [0.25, 0.3) is 0 Å². The van der Waals surface area contributed by atoms with Gasteiger partial charge in [0.05, 0.1) is 0 Å². The van der Waals surface area contributed by atoms with Crippen molar-refractivity contribution >= 4 is 28.4 Å². The fourth-order valence-electron chi connectivity index (χ4n) is 2.82. The summed E-state index contributed by atoms with van der Waals surface area (Å²) in [5.41, 5.74) is 5.83. The third kappa shape index (κ3) is 4.17. The Kier molecular flexibility index (Phi) is 6.29. The first-order valence-corrected chi connectivity index (χ1v) is 8.46. The maximum Gasteiger partial charge on any atom is 0.0463 e. The van der Waals surface area contributed by atoms with E-state index >= 15 is 0 Å². The van der Waals surface area contributed by atoms with E-state index in [2.05, 4.69) is 116 Å². The van der Waals surface area contributed by atoms with Gasteiger partial charge in [-0.25, -0.2) is 0 Å². The van der Waals surface area contributed by atoms with Gasteiger partial charge in [0.2, 0.25) is 0 Å². The van der Waals surface area contributed by atoms with Crippen molar-refractivity contribution in [3.63, 3.8) is 0 Å². The fraction of sp³-hybridized carbons (Fsp3) is 0.217. The van der Waals surface area contributed by atoms with E-state index < -0.39 is 0 Å². The van der Waals surface area contributed by atoms with Gasteiger partial charge in [-0.15, -0.1) is 0 Å². The van der Waals surface area contributed by atoms with Crippen LogP contribution in [0.5, 0.6) is 0 Å². The quantitative estimate of drug-likeness (QED) is 0.567. The Bertz CT molecular complexity index is 740. The van der Waals surface area contributed by atoms with Crippen molar-refractivity contribution in [1.82, 2.24) is 0 Å². The molecule has 0 spiro atoms. The summed E-state index contributed by atoms with van der Waals surface area (Å²) in [6, 6.07) is 27.8. The van der Waals surface area contributed by atoms with Gasteiger partial charge in [-0.1, -0.05) is 25.6 Å². The van der Waals surface area contributed by atoms with Crippen LogP contribution in [0, 0.1) is 0 Å². The van der Waals surface area contributed by atoms with E-state index in [1.807, 2.05) is 6.07 Å². The smallest absolute Gasteiger partial charge is 0.0463 e. The van der Waals surface area contributed by atoms with Crippen molar-refractivity contribution in [2.24, 2.45) is 0 Å². The van der Waals surface area contributed by atoms with Gasteiger partial charge in [0.1, 0.15) is 0 Å². The second-order valence-corrected chi connectivity index (χ2v) is 6.49. The highest BCUT2D eigenvalue weighted by Gasteiger charge is 2.12. The summed E-state index contributed by atoms with van der Waals surface area (Å²) in [4.78, 5) is 6.50. The van der Waals surface area contributed by atoms with E-state index in [-0.39, 0.29) is 7.43 Å². The third-order valence-corrected chi connectivity index (χ3v) is 4.26. The Morgan fingerprint density at radius 1 is 0.423 bits per heavy atom. The highest BCUT2D eigenvalue weighted by molar-refractivity contribution is 5.78. The Morgan fingerprint density at radius 2 is 0.731 bits per heavy atom. The second kappa shape index (κ2) is 8.43. The van der Waals surface area contributed by atoms with Crippen LogP contribution in [0.1, 0.15) is 7.43 Å². The number of rotatable bonds is 5. The van der Waals surface area contributed by atoms with E-state index in [1.54, 1.807) is 0 Å². The van der Waals surface area contributed by atoms with Crippen LogP contribution in [-0.2, 0) is 0 Å². The molecular formula is C23H29N3. The molecule has 0 bridgehead atoms. The van der Waals surface area contributed by atoms with Crippen molar-refractivity contribution in [3.8, 4) is 0 Å². The molecule has 0 aromatic heterocycles. The minimum atomic E-state index is 0. The molecule has 3 aromatic rings. The standard InChI is InChI=1S/C22H25N3.CH4/c1-23(2)18-10-14-21(15-11-18)25(20-8-6-5-7-9-20)22-16-12-19(13-17-22)24(3)4;/h5-17H,1-4H3;1H4. The molecule has 0 aliphatic carbocycles. The number of nitrogens with zero attached hydrogens (tertiary/aromatic N) is 3. The fourth-order valence-corrected chi connectivity index (χ4v) is 2.82. The van der Waals surface area contributed by atoms with Crippen LogP contribution in [-0.4, -0.2) is 28.2 Å². The summed E-state index contributed by atoms with van der Waals surface area (Å²) in [6.07, 6.45) is 0. The van der Waals surface area contributed by atoms with Crippen LogP contribution in [0.15, 0.2) is 78.9 Å². The molecule has 0 heterocycles. The van der Waals surface area contributed by atoms with Crippen LogP contribution in [0.4, 0.5) is 28.4 Å². The van der Waals surface area contributed by atoms with Gasteiger partial charge in [-0.2, -0.15) is 0 Å². The van der Waals surface area contributed by atoms with Gasteiger partial charge >= 0.3 is 0 Å². The molecule has 3 aromatic carbocycles. The summed E-state index contributed by atoms with van der Waals surface area (Å²) < 4.78 is 0. The first-order valence-electron chi connectivity index (χ1n) is 8.46. The van der Waals surface area contributed by atoms with Crippen molar-refractivity contribution < 1.29 is 0 Å². The molecule has 0 unspecified atom stereocenters. The van der Waals surface area contributed by atoms with Crippen LogP contribution in [0.2, 0.25) is 0 Å². The lowest BCUT2D eigenvalue weighted by Crippen LogP contribution is -2.12. The zero-order valence-corrected chi connectivity index (χ0v) is 15.3. The molecule has 3 rings (SSSR count). The lowest BCUT2D eigenvalue weighted by molar-refractivity contribution is 1.13. The summed E-state index contributed by atoms with van der Waals surface area (Å²) >= 11 is 0. The first-order chi connectivity index (χ1) is 12.1. The highest BCUT2D eigenvalue weighted by atomic mass is 15.1. The van der Waals surface area contributed by atoms with Gasteiger partial charge in [0.25, 0.3) is 0 Å². The lowest BCUT2D eigenvalue weighted by atomic mass is 10.1. The Morgan fingerprint density at radius 3 is 1.08 bits per heavy atom. The Hall–Kier alpha value is -2.94. The highest BCUT2D eigenvalue weighted by Crippen LogP contribution is 2.35. The number of hydrogen-bond donors (Lipinski definition) is 0. The molecule has 0 amide bonds. The molecule has 3 heteroatoms. The first kappa shape index (κ1) is 19.4. The monoisotopic (exact) mass is 347 g/mol. The molecule has 0 atom stereocenters. The lowest BCUT2D eigenvalue weighted by Gasteiger charge is -2.26. The summed E-state index contributed by atoms with van der Waals surface area (Å²) in [7, 11) is 8.24. The van der Waals surface area contributed by atoms with Crippen molar-refractivity contribution in [2.45, 2.75) is 7.43 Å². The molecule has 3 nitrogen and oxygen atoms in total. The maximum atomic E-state index is 2.28. The molecule has 0 fully saturated rings. The number of anilines is 5. The number of benzene rings is 3. The average Bonchev–Trinajstić information content (AvgIpc) is 2.64. The topological polar surface area (TPSA) is 9.72 Å². The van der Waals surface area contributed by atoms with Crippen LogP contribution >= 0.6 is 0 Å². The SMILES string of the molecule is C.CN(C)c1ccc(N(c2ccccc2)c2ccc(N(C)C)cc2)cc1. The van der Waals surface area contributed by atoms with E-state index in [9.17, 15) is 0 Å². The Labute approximate surface area is 158 Å². The maximum absolute atomic E-state index is 2.28. The number of hydrogen-bond acceptors (Lipinski definition) is 3. The predicted octanol–water partition coefficient (Wildman–Crippen LogP) is 5.92. The molecular weight excluding hydrogens is 318 g/mol. The molecule has 0 saturated heterocycles. The zero-order valence-electron chi connectivity index (χ0n) is 15.3. The van der Waals surface area contributed by atoms with Crippen LogP contribution < -0.4 is 14.7 Å². The van der Waals surface area contributed by atoms with Gasteiger partial charge in [0, 0.05) is 56.6 Å². The minimum Gasteiger partial charge on any atom is -0.378 e. The molecule has 0 radical (unpaired) electrons. The molecule has 0 N–H and O–H groups in total. The molecule has 26 heavy (non-hydrogen) atoms. The van der Waals surface area contributed by atoms with Gasteiger partial charge in [0.15, 0.2) is 0 Å². The van der Waals surface area contributed by atoms with Gasteiger partial charge in [-0.05, 0) is 60.7 Å². The zero-order chi connectivity index (χ0) is 17.8. The number of para-hydroxylation sites is 1. The summed E-state index contributed by atoms with van der Waals surface area (Å²) in [5, 5.41) is 0. The van der Waals surface area contributed by atoms with E-state index in [1.165, 1.54) is 11.4 Å². The summed E-state index contributed by atoms with van der Waals surface area (Å²) in [5.74, 6) is 0. The normalized spacial score (nSPS) is 10.0. The van der Waals surface area contributed by atoms with Crippen molar-refractivity contribution in [1.29, 1.82) is 0 Å². The molecule has 0 aliphatic rings. The van der Waals surface area contributed by atoms with Crippen LogP contribution in [0.3, 0.4) is 0 Å². The van der Waals surface area contributed by atoms with E-state index in [0.29, 0.717) is 0 Å². The van der Waals surface area contributed by atoms with E-state index in [4.69, 9.17) is 0 Å². The average molecular weight is 348 g/mol. The van der Waals surface area contributed by atoms with E-state index in [0.717, 1.165) is 17.1 Å². The Balaban J connectivity index is 0.00000243. The molecule has 136 valence electrons. The minimum absolute atomic E-state index is 0. The largest absolute Gasteiger partial charge is 0.378 e. The third-order valence-electron chi connectivity index (χ3n) is 4.26. The molecule has 0 saturated carbocycles. The van der Waals surface area contributed by atoms with Crippen molar-refractivity contribution in [3.05, 3.63) is 78.9 Å². The molecule has 0 aliphatic heterocycles.